The molecule has 0 N–H and O–H groups in total. The van der Waals surface area contributed by atoms with Crippen LogP contribution in [0.15, 0.2) is 47.4 Å². The minimum absolute atomic E-state index is 0. The fourth-order valence-electron chi connectivity index (χ4n) is 3.24. The topological polar surface area (TPSA) is 43.4 Å². The molecule has 27 heavy (non-hydrogen) atoms. The Hall–Kier alpha value is -0.390. The van der Waals surface area contributed by atoms with Gasteiger partial charge in [-0.05, 0) is 17.9 Å². The molecule has 144 valence electrons. The van der Waals surface area contributed by atoms with Gasteiger partial charge in [-0.1, -0.05) is 101 Å². The Balaban J connectivity index is 0.00000364. The molecule has 5 heteroatoms. The Morgan fingerprint density at radius 1 is 0.741 bits per heavy atom. The van der Waals surface area contributed by atoms with E-state index in [0.717, 1.165) is 30.0 Å². The van der Waals surface area contributed by atoms with Crippen molar-refractivity contribution in [3.05, 3.63) is 42.5 Å². The van der Waals surface area contributed by atoms with Crippen LogP contribution in [0.25, 0.3) is 10.8 Å². The van der Waals surface area contributed by atoms with E-state index in [-0.39, 0.29) is 41.1 Å². The third kappa shape index (κ3) is 8.66. The second kappa shape index (κ2) is 13.7. The molecule has 0 atom stereocenters. The van der Waals surface area contributed by atoms with Gasteiger partial charge in [0, 0.05) is 5.39 Å². The molecule has 2 aromatic rings. The minimum atomic E-state index is -3.70. The summed E-state index contributed by atoms with van der Waals surface area (Å²) in [4.78, 5) is 0.266. The average molecular weight is 400 g/mol. The molecule has 0 amide bonds. The van der Waals surface area contributed by atoms with E-state index >= 15 is 0 Å². The second-order valence-corrected chi connectivity index (χ2v) is 8.52. The van der Waals surface area contributed by atoms with Crippen LogP contribution < -0.4 is 29.6 Å². The maximum absolute atomic E-state index is 12.5. The van der Waals surface area contributed by atoms with Crippen molar-refractivity contribution in [2.45, 2.75) is 76.0 Å². The molecule has 0 spiro atoms. The van der Waals surface area contributed by atoms with Crippen molar-refractivity contribution in [3.63, 3.8) is 0 Å². The maximum atomic E-state index is 12.5. The van der Waals surface area contributed by atoms with Crippen molar-refractivity contribution in [1.29, 1.82) is 0 Å². The molecule has 2 aromatic carbocycles. The van der Waals surface area contributed by atoms with Crippen LogP contribution in [0, 0.1) is 0 Å². The Morgan fingerprint density at radius 3 is 1.96 bits per heavy atom. The number of rotatable bonds is 13. The van der Waals surface area contributed by atoms with Crippen LogP contribution in [0.4, 0.5) is 0 Å². The molecule has 0 unspecified atom stereocenters. The molecular weight excluding hydrogens is 367 g/mol. The van der Waals surface area contributed by atoms with Gasteiger partial charge in [0.05, 0.1) is 6.61 Å². The summed E-state index contributed by atoms with van der Waals surface area (Å²) in [6.07, 6.45) is 12.2. The Morgan fingerprint density at radius 2 is 1.30 bits per heavy atom. The zero-order chi connectivity index (χ0) is 18.7. The van der Waals surface area contributed by atoms with Crippen LogP contribution in [0.2, 0.25) is 0 Å². The summed E-state index contributed by atoms with van der Waals surface area (Å²) in [7, 11) is -3.70. The van der Waals surface area contributed by atoms with Crippen LogP contribution in [-0.2, 0) is 14.3 Å². The number of benzene rings is 2. The van der Waals surface area contributed by atoms with Gasteiger partial charge >= 0.3 is 29.6 Å². The van der Waals surface area contributed by atoms with E-state index in [4.69, 9.17) is 4.18 Å². The van der Waals surface area contributed by atoms with Gasteiger partial charge < -0.3 is 0 Å². The van der Waals surface area contributed by atoms with E-state index in [2.05, 4.69) is 6.92 Å². The SMILES string of the molecule is CCCCCCCCCCCCOS(=O)(=O)c1cccc2ccccc12.[Na+]. The molecule has 0 radical (unpaired) electrons. The van der Waals surface area contributed by atoms with E-state index in [1.165, 1.54) is 44.9 Å². The maximum Gasteiger partial charge on any atom is 1.00 e. The predicted octanol–water partition coefficient (Wildman–Crippen LogP) is 3.47. The van der Waals surface area contributed by atoms with Crippen molar-refractivity contribution in [1.82, 2.24) is 0 Å². The normalized spacial score (nSPS) is 11.4. The fraction of sp³-hybridized carbons (Fsp3) is 0.545. The number of fused-ring (bicyclic) bond motifs is 1. The zero-order valence-corrected chi connectivity index (χ0v) is 19.8. The van der Waals surface area contributed by atoms with Crippen molar-refractivity contribution < 1.29 is 42.2 Å². The van der Waals surface area contributed by atoms with Crippen LogP contribution in [0.3, 0.4) is 0 Å². The first-order valence-electron chi connectivity index (χ1n) is 10.0. The number of hydrogen-bond acceptors (Lipinski definition) is 3. The molecule has 2 rings (SSSR count). The minimum Gasteiger partial charge on any atom is -0.266 e. The first-order chi connectivity index (χ1) is 12.6. The van der Waals surface area contributed by atoms with Gasteiger partial charge in [-0.25, -0.2) is 0 Å². The quantitative estimate of drug-likeness (QED) is 0.294. The monoisotopic (exact) mass is 399 g/mol. The summed E-state index contributed by atoms with van der Waals surface area (Å²) < 4.78 is 30.2. The zero-order valence-electron chi connectivity index (χ0n) is 17.0. The van der Waals surface area contributed by atoms with E-state index in [0.29, 0.717) is 0 Å². The summed E-state index contributed by atoms with van der Waals surface area (Å²) in [6, 6.07) is 12.8. The van der Waals surface area contributed by atoms with E-state index < -0.39 is 10.1 Å². The van der Waals surface area contributed by atoms with Gasteiger partial charge in [-0.2, -0.15) is 8.42 Å². The molecule has 0 aromatic heterocycles. The third-order valence-electron chi connectivity index (χ3n) is 4.76. The Kier molecular flexibility index (Phi) is 12.5. The van der Waals surface area contributed by atoms with Crippen molar-refractivity contribution >= 4 is 20.9 Å². The first kappa shape index (κ1) is 24.6. The molecule has 0 aliphatic rings. The van der Waals surface area contributed by atoms with Gasteiger partial charge in [0.25, 0.3) is 10.1 Å². The molecule has 0 saturated carbocycles. The molecule has 0 aliphatic carbocycles. The third-order valence-corrected chi connectivity index (χ3v) is 6.13. The molecule has 0 saturated heterocycles. The van der Waals surface area contributed by atoms with E-state index in [1.54, 1.807) is 12.1 Å². The summed E-state index contributed by atoms with van der Waals surface area (Å²) in [5.41, 5.74) is 0. The number of hydrogen-bond donors (Lipinski definition) is 0. The van der Waals surface area contributed by atoms with E-state index in [1.807, 2.05) is 30.3 Å². The van der Waals surface area contributed by atoms with Crippen LogP contribution >= 0.6 is 0 Å². The number of unbranched alkanes of at least 4 members (excludes halogenated alkanes) is 9. The van der Waals surface area contributed by atoms with Crippen molar-refractivity contribution in [2.24, 2.45) is 0 Å². The fourth-order valence-corrected chi connectivity index (χ4v) is 4.40. The van der Waals surface area contributed by atoms with Crippen LogP contribution in [0.5, 0.6) is 0 Å². The van der Waals surface area contributed by atoms with Crippen molar-refractivity contribution in [2.75, 3.05) is 6.61 Å². The van der Waals surface area contributed by atoms with Gasteiger partial charge in [0.15, 0.2) is 0 Å². The molecule has 3 nitrogen and oxygen atoms in total. The van der Waals surface area contributed by atoms with Gasteiger partial charge in [-0.15, -0.1) is 0 Å². The predicted molar refractivity (Wildman–Crippen MR) is 109 cm³/mol. The van der Waals surface area contributed by atoms with Crippen molar-refractivity contribution in [3.8, 4) is 0 Å². The van der Waals surface area contributed by atoms with Crippen LogP contribution in [-0.4, -0.2) is 15.0 Å². The standard InChI is InChI=1S/C22H32O3S.Na/c1-2-3-4-5-6-7-8-9-10-13-19-25-26(23,24)22-18-14-16-20-15-11-12-17-21(20)22;/h11-12,14-18H,2-10,13,19H2,1H3;/q;+1. The Labute approximate surface area is 187 Å². The summed E-state index contributed by atoms with van der Waals surface area (Å²) >= 11 is 0. The molecule has 0 fully saturated rings. The van der Waals surface area contributed by atoms with E-state index in [9.17, 15) is 8.42 Å². The molecular formula is C22H32NaO3S+. The van der Waals surface area contributed by atoms with Gasteiger partial charge in [0.1, 0.15) is 4.90 Å². The summed E-state index contributed by atoms with van der Waals surface area (Å²) in [6.45, 7) is 2.50. The largest absolute Gasteiger partial charge is 1.00 e. The average Bonchev–Trinajstić information content (AvgIpc) is 2.65. The first-order valence-corrected chi connectivity index (χ1v) is 11.4. The van der Waals surface area contributed by atoms with Gasteiger partial charge in [-0.3, -0.25) is 4.18 Å². The summed E-state index contributed by atoms with van der Waals surface area (Å²) in [5, 5.41) is 1.63. The second-order valence-electron chi connectivity index (χ2n) is 6.94. The van der Waals surface area contributed by atoms with Gasteiger partial charge in [0.2, 0.25) is 0 Å². The summed E-state index contributed by atoms with van der Waals surface area (Å²) in [5.74, 6) is 0. The smallest absolute Gasteiger partial charge is 0.266 e. The molecule has 0 aliphatic heterocycles. The Bertz CT molecular complexity index is 754. The molecule has 0 heterocycles. The molecule has 0 bridgehead atoms. The van der Waals surface area contributed by atoms with Crippen LogP contribution in [0.1, 0.15) is 71.1 Å².